The highest BCUT2D eigenvalue weighted by atomic mass is 19.1. The number of aromatic nitrogens is 1. The fourth-order valence-corrected chi connectivity index (χ4v) is 1.05. The number of esters is 1. The number of carbonyl (C=O) groups excluding carboxylic acids is 2. The molecule has 16 heavy (non-hydrogen) atoms. The molecule has 0 N–H and O–H groups in total. The smallest absolute Gasteiger partial charge is 0.325 e. The Hall–Kier alpha value is -1.98. The second kappa shape index (κ2) is 5.20. The highest BCUT2D eigenvalue weighted by molar-refractivity contribution is 5.94. The summed E-state index contributed by atoms with van der Waals surface area (Å²) in [5.41, 5.74) is -0.0496. The van der Waals surface area contributed by atoms with Crippen molar-refractivity contribution in [3.05, 3.63) is 29.8 Å². The molecule has 0 radical (unpaired) electrons. The maximum atomic E-state index is 12.7. The zero-order valence-electron chi connectivity index (χ0n) is 8.94. The molecule has 0 aromatic carbocycles. The summed E-state index contributed by atoms with van der Waals surface area (Å²) in [7, 11) is 2.63. The Morgan fingerprint density at radius 2 is 2.19 bits per heavy atom. The number of ether oxygens (including phenoxy) is 1. The summed E-state index contributed by atoms with van der Waals surface area (Å²) in [5, 5.41) is 0. The lowest BCUT2D eigenvalue weighted by molar-refractivity contribution is -0.141. The van der Waals surface area contributed by atoms with E-state index in [2.05, 4.69) is 9.72 Å². The Bertz CT molecular complexity index is 409. The van der Waals surface area contributed by atoms with Gasteiger partial charge in [0.2, 0.25) is 5.95 Å². The zero-order valence-corrected chi connectivity index (χ0v) is 8.94. The van der Waals surface area contributed by atoms with Gasteiger partial charge in [0.25, 0.3) is 5.91 Å². The highest BCUT2D eigenvalue weighted by Gasteiger charge is 2.16. The molecule has 0 bridgehead atoms. The van der Waals surface area contributed by atoms with E-state index in [-0.39, 0.29) is 12.2 Å². The molecular formula is C10H11FN2O3. The maximum Gasteiger partial charge on any atom is 0.325 e. The van der Waals surface area contributed by atoms with Gasteiger partial charge < -0.3 is 9.64 Å². The van der Waals surface area contributed by atoms with E-state index in [1.165, 1.54) is 26.3 Å². The minimum Gasteiger partial charge on any atom is -0.468 e. The van der Waals surface area contributed by atoms with Gasteiger partial charge in [-0.3, -0.25) is 9.59 Å². The second-order valence-electron chi connectivity index (χ2n) is 3.08. The number of amides is 1. The van der Waals surface area contributed by atoms with Crippen LogP contribution in [0.15, 0.2) is 18.2 Å². The van der Waals surface area contributed by atoms with Crippen LogP contribution in [-0.2, 0) is 9.53 Å². The maximum absolute atomic E-state index is 12.7. The number of nitrogens with zero attached hydrogens (tertiary/aromatic N) is 2. The molecule has 1 heterocycles. The van der Waals surface area contributed by atoms with E-state index in [0.717, 1.165) is 11.0 Å². The highest BCUT2D eigenvalue weighted by Crippen LogP contribution is 2.01. The van der Waals surface area contributed by atoms with E-state index >= 15 is 0 Å². The first-order valence-corrected chi connectivity index (χ1v) is 4.49. The lowest BCUT2D eigenvalue weighted by Gasteiger charge is -2.14. The van der Waals surface area contributed by atoms with Gasteiger partial charge in [-0.1, -0.05) is 6.07 Å². The Morgan fingerprint density at radius 3 is 2.75 bits per heavy atom. The van der Waals surface area contributed by atoms with Crippen LogP contribution in [0, 0.1) is 5.95 Å². The van der Waals surface area contributed by atoms with Gasteiger partial charge in [0, 0.05) is 7.05 Å². The van der Waals surface area contributed by atoms with Crippen molar-refractivity contribution >= 4 is 11.9 Å². The van der Waals surface area contributed by atoms with Crippen molar-refractivity contribution in [2.45, 2.75) is 0 Å². The summed E-state index contributed by atoms with van der Waals surface area (Å²) in [6, 6.07) is 3.89. The van der Waals surface area contributed by atoms with E-state index in [1.807, 2.05) is 0 Å². The van der Waals surface area contributed by atoms with Gasteiger partial charge in [0.15, 0.2) is 0 Å². The van der Waals surface area contributed by atoms with Crippen molar-refractivity contribution in [3.8, 4) is 0 Å². The third kappa shape index (κ3) is 3.01. The Labute approximate surface area is 91.8 Å². The van der Waals surface area contributed by atoms with Gasteiger partial charge in [0.05, 0.1) is 7.11 Å². The predicted octanol–water partition coefficient (Wildman–Crippen LogP) is 0.466. The standard InChI is InChI=1S/C10H11FN2O3/c1-13(6-9(14)16-2)10(15)7-4-3-5-8(11)12-7/h3-5H,6H2,1-2H3. The molecule has 0 fully saturated rings. The average Bonchev–Trinajstić information content (AvgIpc) is 2.27. The van der Waals surface area contributed by atoms with Crippen molar-refractivity contribution in [3.63, 3.8) is 0 Å². The van der Waals surface area contributed by atoms with Crippen LogP contribution < -0.4 is 0 Å². The minimum atomic E-state index is -0.739. The molecule has 0 atom stereocenters. The minimum absolute atomic E-state index is 0.0496. The molecule has 86 valence electrons. The number of hydrogen-bond donors (Lipinski definition) is 0. The van der Waals surface area contributed by atoms with Crippen molar-refractivity contribution < 1.29 is 18.7 Å². The molecule has 1 rings (SSSR count). The van der Waals surface area contributed by atoms with Gasteiger partial charge in [-0.05, 0) is 12.1 Å². The van der Waals surface area contributed by atoms with Gasteiger partial charge in [-0.2, -0.15) is 4.39 Å². The third-order valence-electron chi connectivity index (χ3n) is 1.87. The van der Waals surface area contributed by atoms with E-state index in [4.69, 9.17) is 0 Å². The van der Waals surface area contributed by atoms with E-state index in [9.17, 15) is 14.0 Å². The quantitative estimate of drug-likeness (QED) is 0.555. The Kier molecular flexibility index (Phi) is 3.93. The summed E-state index contributed by atoms with van der Waals surface area (Å²) in [6.45, 7) is -0.201. The lowest BCUT2D eigenvalue weighted by atomic mass is 10.3. The number of halogens is 1. The van der Waals surface area contributed by atoms with Crippen molar-refractivity contribution in [1.29, 1.82) is 0 Å². The summed E-state index contributed by atoms with van der Waals surface area (Å²) < 4.78 is 17.1. The number of pyridine rings is 1. The van der Waals surface area contributed by atoms with Crippen LogP contribution in [0.5, 0.6) is 0 Å². The lowest BCUT2D eigenvalue weighted by Crippen LogP contribution is -2.33. The van der Waals surface area contributed by atoms with E-state index in [1.54, 1.807) is 0 Å². The molecule has 0 aliphatic carbocycles. The van der Waals surface area contributed by atoms with Gasteiger partial charge in [-0.25, -0.2) is 4.98 Å². The van der Waals surface area contributed by atoms with E-state index in [0.29, 0.717) is 0 Å². The van der Waals surface area contributed by atoms with Crippen molar-refractivity contribution in [2.24, 2.45) is 0 Å². The molecule has 0 saturated carbocycles. The molecule has 5 nitrogen and oxygen atoms in total. The van der Waals surface area contributed by atoms with Crippen LogP contribution in [0.25, 0.3) is 0 Å². The SMILES string of the molecule is COC(=O)CN(C)C(=O)c1cccc(F)n1. The fraction of sp³-hybridized carbons (Fsp3) is 0.300. The van der Waals surface area contributed by atoms with Crippen molar-refractivity contribution in [2.75, 3.05) is 20.7 Å². The molecule has 0 spiro atoms. The molecule has 1 aromatic rings. The summed E-state index contributed by atoms with van der Waals surface area (Å²) in [4.78, 5) is 27.1. The first-order valence-electron chi connectivity index (χ1n) is 4.49. The number of rotatable bonds is 3. The molecular weight excluding hydrogens is 215 g/mol. The molecule has 0 aliphatic heterocycles. The van der Waals surface area contributed by atoms with Crippen LogP contribution in [0.2, 0.25) is 0 Å². The van der Waals surface area contributed by atoms with Crippen LogP contribution in [0.4, 0.5) is 4.39 Å². The van der Waals surface area contributed by atoms with Gasteiger partial charge in [-0.15, -0.1) is 0 Å². The average molecular weight is 226 g/mol. The Morgan fingerprint density at radius 1 is 1.50 bits per heavy atom. The second-order valence-corrected chi connectivity index (χ2v) is 3.08. The first-order chi connectivity index (χ1) is 7.54. The van der Waals surface area contributed by atoms with Crippen LogP contribution in [-0.4, -0.2) is 42.5 Å². The fourth-order valence-electron chi connectivity index (χ4n) is 1.05. The van der Waals surface area contributed by atoms with Crippen LogP contribution >= 0.6 is 0 Å². The summed E-state index contributed by atoms with van der Waals surface area (Å²) in [5.74, 6) is -1.82. The summed E-state index contributed by atoms with van der Waals surface area (Å²) >= 11 is 0. The number of likely N-dealkylation sites (N-methyl/N-ethyl adjacent to an activating group) is 1. The number of carbonyl (C=O) groups is 2. The topological polar surface area (TPSA) is 59.5 Å². The molecule has 0 unspecified atom stereocenters. The first kappa shape index (κ1) is 12.1. The van der Waals surface area contributed by atoms with Gasteiger partial charge in [0.1, 0.15) is 12.2 Å². The monoisotopic (exact) mass is 226 g/mol. The molecule has 1 amide bonds. The predicted molar refractivity (Wildman–Crippen MR) is 53.2 cm³/mol. The van der Waals surface area contributed by atoms with Gasteiger partial charge >= 0.3 is 5.97 Å². The largest absolute Gasteiger partial charge is 0.468 e. The zero-order chi connectivity index (χ0) is 12.1. The Balaban J connectivity index is 2.74. The van der Waals surface area contributed by atoms with Crippen molar-refractivity contribution in [1.82, 2.24) is 9.88 Å². The molecule has 0 aliphatic rings. The number of hydrogen-bond acceptors (Lipinski definition) is 4. The van der Waals surface area contributed by atoms with Crippen LogP contribution in [0.1, 0.15) is 10.5 Å². The summed E-state index contributed by atoms with van der Waals surface area (Å²) in [6.07, 6.45) is 0. The van der Waals surface area contributed by atoms with E-state index < -0.39 is 17.8 Å². The van der Waals surface area contributed by atoms with Crippen LogP contribution in [0.3, 0.4) is 0 Å². The normalized spacial score (nSPS) is 9.69. The molecule has 0 saturated heterocycles. The molecule has 6 heteroatoms. The number of methoxy groups -OCH3 is 1. The third-order valence-corrected chi connectivity index (χ3v) is 1.87. The molecule has 1 aromatic heterocycles.